The molecule has 1 atom stereocenters. The maximum atomic E-state index is 9.43. The maximum absolute atomic E-state index is 9.43. The standard InChI is InChI=1S/C10H18O2/c1-8(2)6-10(12)7-9(3)4-5-11/h4,10-12H,1,5-7H2,2-3H3. The summed E-state index contributed by atoms with van der Waals surface area (Å²) in [7, 11) is 0. The van der Waals surface area contributed by atoms with E-state index in [4.69, 9.17) is 5.11 Å². The van der Waals surface area contributed by atoms with E-state index >= 15 is 0 Å². The van der Waals surface area contributed by atoms with Crippen LogP contribution in [0.5, 0.6) is 0 Å². The van der Waals surface area contributed by atoms with E-state index in [9.17, 15) is 5.11 Å². The van der Waals surface area contributed by atoms with Crippen molar-refractivity contribution in [1.82, 2.24) is 0 Å². The van der Waals surface area contributed by atoms with Crippen LogP contribution in [0, 0.1) is 0 Å². The van der Waals surface area contributed by atoms with Gasteiger partial charge in [-0.15, -0.1) is 6.58 Å². The van der Waals surface area contributed by atoms with Gasteiger partial charge in [0.05, 0.1) is 12.7 Å². The molecule has 2 N–H and O–H groups in total. The highest BCUT2D eigenvalue weighted by Gasteiger charge is 2.04. The minimum Gasteiger partial charge on any atom is -0.392 e. The molecule has 0 saturated heterocycles. The summed E-state index contributed by atoms with van der Waals surface area (Å²) in [6, 6.07) is 0. The first-order valence-corrected chi connectivity index (χ1v) is 4.15. The minimum absolute atomic E-state index is 0.0472. The predicted octanol–water partition coefficient (Wildman–Crippen LogP) is 1.64. The second-order valence-corrected chi connectivity index (χ2v) is 3.25. The summed E-state index contributed by atoms with van der Waals surface area (Å²) in [5.41, 5.74) is 2.01. The summed E-state index contributed by atoms with van der Waals surface area (Å²) in [5.74, 6) is 0. The highest BCUT2D eigenvalue weighted by Crippen LogP contribution is 2.10. The van der Waals surface area contributed by atoms with Crippen molar-refractivity contribution >= 4 is 0 Å². The van der Waals surface area contributed by atoms with Crippen LogP contribution in [0.15, 0.2) is 23.8 Å². The lowest BCUT2D eigenvalue weighted by molar-refractivity contribution is 0.175. The van der Waals surface area contributed by atoms with Crippen molar-refractivity contribution in [3.8, 4) is 0 Å². The van der Waals surface area contributed by atoms with E-state index in [1.165, 1.54) is 0 Å². The largest absolute Gasteiger partial charge is 0.392 e. The van der Waals surface area contributed by atoms with Crippen molar-refractivity contribution in [2.24, 2.45) is 0 Å². The normalized spacial score (nSPS) is 14.5. The third-order valence-corrected chi connectivity index (χ3v) is 1.58. The van der Waals surface area contributed by atoms with E-state index in [2.05, 4.69) is 6.58 Å². The van der Waals surface area contributed by atoms with Gasteiger partial charge in [-0.05, 0) is 26.7 Å². The Balaban J connectivity index is 3.75. The van der Waals surface area contributed by atoms with Crippen LogP contribution in [0.3, 0.4) is 0 Å². The molecule has 2 nitrogen and oxygen atoms in total. The lowest BCUT2D eigenvalue weighted by Crippen LogP contribution is -2.07. The monoisotopic (exact) mass is 170 g/mol. The first kappa shape index (κ1) is 11.4. The highest BCUT2D eigenvalue weighted by molar-refractivity contribution is 5.02. The van der Waals surface area contributed by atoms with Gasteiger partial charge in [-0.3, -0.25) is 0 Å². The molecule has 0 aliphatic heterocycles. The van der Waals surface area contributed by atoms with Crippen LogP contribution in [0.1, 0.15) is 26.7 Å². The van der Waals surface area contributed by atoms with Crippen LogP contribution in [0.2, 0.25) is 0 Å². The van der Waals surface area contributed by atoms with Gasteiger partial charge in [0.15, 0.2) is 0 Å². The van der Waals surface area contributed by atoms with Gasteiger partial charge in [0.1, 0.15) is 0 Å². The number of rotatable bonds is 5. The summed E-state index contributed by atoms with van der Waals surface area (Å²) in [4.78, 5) is 0. The summed E-state index contributed by atoms with van der Waals surface area (Å²) >= 11 is 0. The minimum atomic E-state index is -0.356. The van der Waals surface area contributed by atoms with E-state index in [1.54, 1.807) is 6.08 Å². The molecule has 2 heteroatoms. The van der Waals surface area contributed by atoms with Gasteiger partial charge in [-0.2, -0.15) is 0 Å². The Labute approximate surface area is 74.2 Å². The lowest BCUT2D eigenvalue weighted by atomic mass is 10.0. The molecule has 70 valence electrons. The number of aliphatic hydroxyl groups excluding tert-OH is 2. The molecule has 0 bridgehead atoms. The fourth-order valence-corrected chi connectivity index (χ4v) is 1.09. The fraction of sp³-hybridized carbons (Fsp3) is 0.600. The molecule has 0 rings (SSSR count). The molecule has 0 radical (unpaired) electrons. The van der Waals surface area contributed by atoms with Crippen molar-refractivity contribution in [2.45, 2.75) is 32.8 Å². The molecule has 0 heterocycles. The van der Waals surface area contributed by atoms with Crippen LogP contribution in [0.25, 0.3) is 0 Å². The molecule has 1 unspecified atom stereocenters. The molecule has 0 fully saturated rings. The molecule has 0 saturated carbocycles. The third kappa shape index (κ3) is 6.13. The molecule has 0 aliphatic carbocycles. The summed E-state index contributed by atoms with van der Waals surface area (Å²) in [6.07, 6.45) is 2.61. The SMILES string of the molecule is C=C(C)CC(O)CC(C)=CCO. The quantitative estimate of drug-likeness (QED) is 0.616. The van der Waals surface area contributed by atoms with Gasteiger partial charge < -0.3 is 10.2 Å². The van der Waals surface area contributed by atoms with E-state index in [-0.39, 0.29) is 12.7 Å². The third-order valence-electron chi connectivity index (χ3n) is 1.58. The fourth-order valence-electron chi connectivity index (χ4n) is 1.09. The van der Waals surface area contributed by atoms with Gasteiger partial charge in [0, 0.05) is 0 Å². The average Bonchev–Trinajstić information content (AvgIpc) is 1.84. The van der Waals surface area contributed by atoms with Crippen LogP contribution >= 0.6 is 0 Å². The highest BCUT2D eigenvalue weighted by atomic mass is 16.3. The smallest absolute Gasteiger partial charge is 0.0614 e. The van der Waals surface area contributed by atoms with Crippen molar-refractivity contribution in [3.63, 3.8) is 0 Å². The summed E-state index contributed by atoms with van der Waals surface area (Å²) in [6.45, 7) is 7.56. The van der Waals surface area contributed by atoms with Gasteiger partial charge >= 0.3 is 0 Å². The topological polar surface area (TPSA) is 40.5 Å². The number of hydrogen-bond donors (Lipinski definition) is 2. The number of aliphatic hydroxyl groups is 2. The van der Waals surface area contributed by atoms with E-state index < -0.39 is 0 Å². The van der Waals surface area contributed by atoms with Crippen LogP contribution in [-0.2, 0) is 0 Å². The molecule has 12 heavy (non-hydrogen) atoms. The lowest BCUT2D eigenvalue weighted by Gasteiger charge is -2.09. The van der Waals surface area contributed by atoms with Crippen molar-refractivity contribution in [1.29, 1.82) is 0 Å². The van der Waals surface area contributed by atoms with Crippen LogP contribution < -0.4 is 0 Å². The Bertz CT molecular complexity index is 171. The average molecular weight is 170 g/mol. The molecular weight excluding hydrogens is 152 g/mol. The summed E-state index contributed by atoms with van der Waals surface area (Å²) in [5, 5.41) is 18.0. The molecule has 0 aliphatic rings. The van der Waals surface area contributed by atoms with Gasteiger partial charge in [0.25, 0.3) is 0 Å². The Morgan fingerprint density at radius 3 is 2.42 bits per heavy atom. The number of hydrogen-bond acceptors (Lipinski definition) is 2. The Kier molecular flexibility index (Phi) is 5.68. The maximum Gasteiger partial charge on any atom is 0.0614 e. The van der Waals surface area contributed by atoms with Crippen LogP contribution in [-0.4, -0.2) is 22.9 Å². The summed E-state index contributed by atoms with van der Waals surface area (Å²) < 4.78 is 0. The van der Waals surface area contributed by atoms with Gasteiger partial charge in [0.2, 0.25) is 0 Å². The Morgan fingerprint density at radius 1 is 1.42 bits per heavy atom. The zero-order valence-corrected chi connectivity index (χ0v) is 7.88. The van der Waals surface area contributed by atoms with Crippen LogP contribution in [0.4, 0.5) is 0 Å². The Hall–Kier alpha value is -0.600. The molecular formula is C10H18O2. The molecule has 0 amide bonds. The zero-order valence-electron chi connectivity index (χ0n) is 7.88. The second kappa shape index (κ2) is 5.98. The van der Waals surface area contributed by atoms with E-state index in [0.29, 0.717) is 12.8 Å². The predicted molar refractivity (Wildman–Crippen MR) is 50.9 cm³/mol. The second-order valence-electron chi connectivity index (χ2n) is 3.25. The van der Waals surface area contributed by atoms with Gasteiger partial charge in [-0.1, -0.05) is 17.2 Å². The first-order valence-electron chi connectivity index (χ1n) is 4.15. The van der Waals surface area contributed by atoms with E-state index in [0.717, 1.165) is 11.1 Å². The van der Waals surface area contributed by atoms with Gasteiger partial charge in [-0.25, -0.2) is 0 Å². The Morgan fingerprint density at radius 2 is 2.00 bits per heavy atom. The van der Waals surface area contributed by atoms with Crippen molar-refractivity contribution < 1.29 is 10.2 Å². The zero-order chi connectivity index (χ0) is 9.56. The molecule has 0 aromatic heterocycles. The molecule has 0 aromatic rings. The van der Waals surface area contributed by atoms with E-state index in [1.807, 2.05) is 13.8 Å². The van der Waals surface area contributed by atoms with Crippen molar-refractivity contribution in [3.05, 3.63) is 23.8 Å². The molecule has 0 spiro atoms. The first-order chi connectivity index (χ1) is 5.56. The van der Waals surface area contributed by atoms with Crippen molar-refractivity contribution in [2.75, 3.05) is 6.61 Å². The molecule has 0 aromatic carbocycles.